The first kappa shape index (κ1) is 13.3. The zero-order chi connectivity index (χ0) is 15.6. The predicted molar refractivity (Wildman–Crippen MR) is 87.1 cm³/mol. The first-order valence-corrected chi connectivity index (χ1v) is 9.26. The van der Waals surface area contributed by atoms with E-state index in [1.165, 1.54) is 0 Å². The summed E-state index contributed by atoms with van der Waals surface area (Å²) in [6.07, 6.45) is 3.53. The van der Waals surface area contributed by atoms with Crippen molar-refractivity contribution in [3.63, 3.8) is 0 Å². The van der Waals surface area contributed by atoms with E-state index < -0.39 is 10.0 Å². The third kappa shape index (κ3) is 1.96. The van der Waals surface area contributed by atoms with E-state index in [1.807, 2.05) is 24.4 Å². The largest absolute Gasteiger partial charge is 0.360 e. The smallest absolute Gasteiger partial charge is 0.217 e. The van der Waals surface area contributed by atoms with E-state index in [0.717, 1.165) is 46.5 Å². The second-order valence-corrected chi connectivity index (χ2v) is 8.48. The number of aromatic amines is 2. The first-order chi connectivity index (χ1) is 11.1. The molecule has 3 aromatic rings. The fourth-order valence-corrected chi connectivity index (χ4v) is 5.02. The molecule has 5 rings (SSSR count). The molecule has 3 heterocycles. The fraction of sp³-hybridized carbons (Fsp3) is 0.312. The van der Waals surface area contributed by atoms with E-state index in [1.54, 1.807) is 4.31 Å². The summed E-state index contributed by atoms with van der Waals surface area (Å²) in [5.41, 5.74) is 3.84. The molecule has 23 heavy (non-hydrogen) atoms. The van der Waals surface area contributed by atoms with Crippen LogP contribution < -0.4 is 0 Å². The van der Waals surface area contributed by atoms with Crippen molar-refractivity contribution in [1.82, 2.24) is 19.3 Å². The Hall–Kier alpha value is -2.12. The summed E-state index contributed by atoms with van der Waals surface area (Å²) in [6.45, 7) is 0.788. The molecule has 0 spiro atoms. The van der Waals surface area contributed by atoms with Crippen molar-refractivity contribution < 1.29 is 8.42 Å². The van der Waals surface area contributed by atoms with Gasteiger partial charge in [0.1, 0.15) is 5.82 Å². The number of benzene rings is 1. The lowest BCUT2D eigenvalue weighted by Crippen LogP contribution is -2.29. The number of imidazole rings is 1. The van der Waals surface area contributed by atoms with E-state index in [4.69, 9.17) is 0 Å². The molecule has 118 valence electrons. The maximum atomic E-state index is 12.3. The van der Waals surface area contributed by atoms with Gasteiger partial charge in [0.15, 0.2) is 0 Å². The highest BCUT2D eigenvalue weighted by Crippen LogP contribution is 2.36. The molecule has 0 radical (unpaired) electrons. The van der Waals surface area contributed by atoms with Gasteiger partial charge in [-0.05, 0) is 18.9 Å². The monoisotopic (exact) mass is 328 g/mol. The highest BCUT2D eigenvalue weighted by atomic mass is 32.2. The van der Waals surface area contributed by atoms with Crippen molar-refractivity contribution in [3.8, 4) is 11.4 Å². The standard InChI is InChI=1S/C16H16N4O2S/c21-23(22,10-5-6-10)20-8-14-15(9-20)19-16(18-14)12-7-17-13-4-2-1-3-11(12)13/h1-4,7,10,17H,5-6,8-9H2,(H,18,19). The number of rotatable bonds is 3. The van der Waals surface area contributed by atoms with Crippen LogP contribution in [-0.2, 0) is 23.1 Å². The van der Waals surface area contributed by atoms with Crippen LogP contribution in [0.2, 0.25) is 0 Å². The van der Waals surface area contributed by atoms with Crippen LogP contribution in [0.25, 0.3) is 22.3 Å². The average Bonchev–Trinajstić information content (AvgIpc) is 3.02. The van der Waals surface area contributed by atoms with Crippen molar-refractivity contribution in [2.45, 2.75) is 31.2 Å². The lowest BCUT2D eigenvalue weighted by Gasteiger charge is -2.14. The number of hydrogen-bond donors (Lipinski definition) is 2. The summed E-state index contributed by atoms with van der Waals surface area (Å²) < 4.78 is 26.2. The van der Waals surface area contributed by atoms with E-state index in [0.29, 0.717) is 13.1 Å². The SMILES string of the molecule is O=S(=O)(C1CC1)N1Cc2nc(-c3c[nH]c4ccccc34)[nH]c2C1. The Morgan fingerprint density at radius 2 is 2.00 bits per heavy atom. The Kier molecular flexibility index (Phi) is 2.58. The molecule has 1 saturated carbocycles. The molecule has 6 nitrogen and oxygen atoms in total. The highest BCUT2D eigenvalue weighted by molar-refractivity contribution is 7.90. The summed E-state index contributed by atoms with van der Waals surface area (Å²) in [7, 11) is -3.14. The quantitative estimate of drug-likeness (QED) is 0.774. The zero-order valence-corrected chi connectivity index (χ0v) is 13.2. The Morgan fingerprint density at radius 1 is 1.17 bits per heavy atom. The molecule has 2 aromatic heterocycles. The summed E-state index contributed by atoms with van der Waals surface area (Å²) in [5.74, 6) is 0.802. The molecule has 1 aliphatic carbocycles. The molecule has 0 saturated heterocycles. The lowest BCUT2D eigenvalue weighted by molar-refractivity contribution is 0.425. The van der Waals surface area contributed by atoms with Crippen molar-refractivity contribution in [2.24, 2.45) is 0 Å². The molecule has 0 amide bonds. The Labute approximate surface area is 133 Å². The third-order valence-corrected chi connectivity index (χ3v) is 6.97. The van der Waals surface area contributed by atoms with Crippen LogP contribution in [0.5, 0.6) is 0 Å². The topological polar surface area (TPSA) is 81.8 Å². The number of para-hydroxylation sites is 1. The van der Waals surface area contributed by atoms with E-state index in [-0.39, 0.29) is 5.25 Å². The van der Waals surface area contributed by atoms with Gasteiger partial charge < -0.3 is 9.97 Å². The Morgan fingerprint density at radius 3 is 2.78 bits per heavy atom. The summed E-state index contributed by atoms with van der Waals surface area (Å²) >= 11 is 0. The summed E-state index contributed by atoms with van der Waals surface area (Å²) in [5, 5.41) is 0.946. The minimum atomic E-state index is -3.14. The molecule has 1 fully saturated rings. The van der Waals surface area contributed by atoms with Gasteiger partial charge in [0.05, 0.1) is 29.7 Å². The van der Waals surface area contributed by atoms with Crippen LogP contribution >= 0.6 is 0 Å². The van der Waals surface area contributed by atoms with Gasteiger partial charge in [0.2, 0.25) is 10.0 Å². The normalized spacial score (nSPS) is 18.6. The van der Waals surface area contributed by atoms with Crippen LogP contribution in [0.15, 0.2) is 30.5 Å². The number of nitrogens with one attached hydrogen (secondary N) is 2. The van der Waals surface area contributed by atoms with Gasteiger partial charge in [0, 0.05) is 22.7 Å². The number of nitrogens with zero attached hydrogens (tertiary/aromatic N) is 2. The van der Waals surface area contributed by atoms with Gasteiger partial charge >= 0.3 is 0 Å². The molecule has 1 aliphatic heterocycles. The summed E-state index contributed by atoms with van der Waals surface area (Å²) in [6, 6.07) is 8.07. The molecular weight excluding hydrogens is 312 g/mol. The van der Waals surface area contributed by atoms with Crippen molar-refractivity contribution >= 4 is 20.9 Å². The Bertz CT molecular complexity index is 990. The van der Waals surface area contributed by atoms with Crippen molar-refractivity contribution in [1.29, 1.82) is 0 Å². The molecule has 1 aromatic carbocycles. The predicted octanol–water partition coefficient (Wildman–Crippen LogP) is 2.37. The van der Waals surface area contributed by atoms with E-state index >= 15 is 0 Å². The molecule has 7 heteroatoms. The number of H-pyrrole nitrogens is 2. The molecule has 0 atom stereocenters. The van der Waals surface area contributed by atoms with Crippen LogP contribution in [0.4, 0.5) is 0 Å². The van der Waals surface area contributed by atoms with Gasteiger partial charge in [-0.1, -0.05) is 18.2 Å². The fourth-order valence-electron chi connectivity index (χ4n) is 3.26. The third-order valence-electron chi connectivity index (χ3n) is 4.67. The van der Waals surface area contributed by atoms with Gasteiger partial charge in [-0.25, -0.2) is 13.4 Å². The van der Waals surface area contributed by atoms with Crippen molar-refractivity contribution in [2.75, 3.05) is 0 Å². The van der Waals surface area contributed by atoms with Gasteiger partial charge in [-0.2, -0.15) is 4.31 Å². The van der Waals surface area contributed by atoms with Gasteiger partial charge in [-0.3, -0.25) is 0 Å². The maximum Gasteiger partial charge on any atom is 0.217 e. The maximum absolute atomic E-state index is 12.3. The number of hydrogen-bond acceptors (Lipinski definition) is 3. The van der Waals surface area contributed by atoms with Crippen LogP contribution in [0, 0.1) is 0 Å². The molecule has 2 aliphatic rings. The minimum absolute atomic E-state index is 0.167. The summed E-state index contributed by atoms with van der Waals surface area (Å²) in [4.78, 5) is 11.2. The van der Waals surface area contributed by atoms with E-state index in [2.05, 4.69) is 21.0 Å². The molecule has 0 unspecified atom stereocenters. The molecular formula is C16H16N4O2S. The Balaban J connectivity index is 1.49. The molecule has 2 N–H and O–H groups in total. The second kappa shape index (κ2) is 4.46. The lowest BCUT2D eigenvalue weighted by atomic mass is 10.2. The van der Waals surface area contributed by atoms with Crippen LogP contribution in [0.1, 0.15) is 24.2 Å². The number of sulfonamides is 1. The number of fused-ring (bicyclic) bond motifs is 2. The zero-order valence-electron chi connectivity index (χ0n) is 12.4. The minimum Gasteiger partial charge on any atom is -0.360 e. The van der Waals surface area contributed by atoms with Gasteiger partial charge in [0.25, 0.3) is 0 Å². The first-order valence-electron chi connectivity index (χ1n) is 7.76. The average molecular weight is 328 g/mol. The van der Waals surface area contributed by atoms with Crippen LogP contribution in [-0.4, -0.2) is 32.9 Å². The molecule has 0 bridgehead atoms. The highest BCUT2D eigenvalue weighted by Gasteiger charge is 2.42. The van der Waals surface area contributed by atoms with E-state index in [9.17, 15) is 8.42 Å². The van der Waals surface area contributed by atoms with Crippen molar-refractivity contribution in [3.05, 3.63) is 41.9 Å². The van der Waals surface area contributed by atoms with Gasteiger partial charge in [-0.15, -0.1) is 0 Å². The van der Waals surface area contributed by atoms with Crippen LogP contribution in [0.3, 0.4) is 0 Å². The number of aromatic nitrogens is 3. The second-order valence-electron chi connectivity index (χ2n) is 6.27.